The lowest BCUT2D eigenvalue weighted by Gasteiger charge is -2.09. The molecular weight excluding hydrogens is 254 g/mol. The van der Waals surface area contributed by atoms with Gasteiger partial charge in [0.25, 0.3) is 0 Å². The maximum absolute atomic E-state index is 11.8. The van der Waals surface area contributed by atoms with Gasteiger partial charge in [0.1, 0.15) is 6.29 Å². The van der Waals surface area contributed by atoms with Crippen LogP contribution < -0.4 is 5.32 Å². The van der Waals surface area contributed by atoms with Crippen molar-refractivity contribution >= 4 is 27.7 Å². The zero-order valence-corrected chi connectivity index (χ0v) is 10.4. The van der Waals surface area contributed by atoms with Crippen molar-refractivity contribution < 1.29 is 18.0 Å². The second-order valence-corrected chi connectivity index (χ2v) is 6.56. The van der Waals surface area contributed by atoms with Crippen LogP contribution in [0.4, 0.5) is 5.69 Å². The fourth-order valence-corrected chi connectivity index (χ4v) is 3.68. The van der Waals surface area contributed by atoms with Gasteiger partial charge >= 0.3 is 0 Å². The fourth-order valence-electron chi connectivity index (χ4n) is 1.94. The Bertz CT molecular complexity index is 579. The van der Waals surface area contributed by atoms with Gasteiger partial charge in [0.15, 0.2) is 9.84 Å². The van der Waals surface area contributed by atoms with E-state index in [-0.39, 0.29) is 17.4 Å². The molecule has 1 atom stereocenters. The van der Waals surface area contributed by atoms with Gasteiger partial charge in [0.05, 0.1) is 17.4 Å². The molecule has 1 aliphatic heterocycles. The lowest BCUT2D eigenvalue weighted by molar-refractivity contribution is -0.119. The summed E-state index contributed by atoms with van der Waals surface area (Å²) in [5.41, 5.74) is 0.973. The first-order chi connectivity index (χ1) is 8.50. The second-order valence-electron chi connectivity index (χ2n) is 4.33. The maximum Gasteiger partial charge on any atom is 0.228 e. The van der Waals surface area contributed by atoms with Crippen LogP contribution in [0.5, 0.6) is 0 Å². The number of sulfone groups is 1. The summed E-state index contributed by atoms with van der Waals surface area (Å²) in [6.45, 7) is 0. The normalized spacial score (nSPS) is 21.4. The average Bonchev–Trinajstić information content (AvgIpc) is 2.70. The summed E-state index contributed by atoms with van der Waals surface area (Å²) in [5.74, 6) is -0.819. The van der Waals surface area contributed by atoms with Crippen LogP contribution in [0.2, 0.25) is 0 Å². The van der Waals surface area contributed by atoms with E-state index in [1.54, 1.807) is 24.3 Å². The van der Waals surface area contributed by atoms with Crippen molar-refractivity contribution in [3.8, 4) is 0 Å². The molecule has 0 aromatic heterocycles. The summed E-state index contributed by atoms with van der Waals surface area (Å²) in [6, 6.07) is 6.50. The molecule has 96 valence electrons. The van der Waals surface area contributed by atoms with Crippen molar-refractivity contribution in [3.05, 3.63) is 29.8 Å². The largest absolute Gasteiger partial charge is 0.326 e. The Morgan fingerprint density at radius 3 is 2.78 bits per heavy atom. The first-order valence-electron chi connectivity index (χ1n) is 5.57. The number of hydrogen-bond acceptors (Lipinski definition) is 4. The third-order valence-electron chi connectivity index (χ3n) is 2.89. The molecule has 2 rings (SSSR count). The Hall–Kier alpha value is -1.69. The average molecular weight is 267 g/mol. The maximum atomic E-state index is 11.8. The molecule has 1 fully saturated rings. The molecular formula is C12H13NO4S. The molecule has 1 amide bonds. The highest BCUT2D eigenvalue weighted by molar-refractivity contribution is 7.91. The van der Waals surface area contributed by atoms with Gasteiger partial charge in [-0.3, -0.25) is 9.59 Å². The van der Waals surface area contributed by atoms with E-state index in [9.17, 15) is 18.0 Å². The minimum atomic E-state index is -3.06. The van der Waals surface area contributed by atoms with Gasteiger partial charge in [-0.1, -0.05) is 12.1 Å². The molecule has 1 unspecified atom stereocenters. The summed E-state index contributed by atoms with van der Waals surface area (Å²) in [7, 11) is -3.06. The number of aldehydes is 1. The summed E-state index contributed by atoms with van der Waals surface area (Å²) >= 11 is 0. The van der Waals surface area contributed by atoms with E-state index >= 15 is 0 Å². The molecule has 1 heterocycles. The Kier molecular flexibility index (Phi) is 3.47. The monoisotopic (exact) mass is 267 g/mol. The van der Waals surface area contributed by atoms with Crippen LogP contribution in [0.1, 0.15) is 16.8 Å². The van der Waals surface area contributed by atoms with Crippen molar-refractivity contribution in [1.82, 2.24) is 0 Å². The first kappa shape index (κ1) is 12.8. The van der Waals surface area contributed by atoms with Crippen LogP contribution in [0.3, 0.4) is 0 Å². The highest BCUT2D eigenvalue weighted by Gasteiger charge is 2.32. The fraction of sp³-hybridized carbons (Fsp3) is 0.333. The van der Waals surface area contributed by atoms with Gasteiger partial charge in [-0.15, -0.1) is 0 Å². The van der Waals surface area contributed by atoms with Gasteiger partial charge < -0.3 is 5.32 Å². The van der Waals surface area contributed by atoms with Crippen molar-refractivity contribution in [2.45, 2.75) is 6.42 Å². The molecule has 0 aliphatic carbocycles. The molecule has 0 radical (unpaired) electrons. The van der Waals surface area contributed by atoms with E-state index in [2.05, 4.69) is 5.32 Å². The van der Waals surface area contributed by atoms with Crippen molar-refractivity contribution in [2.75, 3.05) is 16.8 Å². The van der Waals surface area contributed by atoms with E-state index in [0.29, 0.717) is 24.0 Å². The first-order valence-corrected chi connectivity index (χ1v) is 7.39. The summed E-state index contributed by atoms with van der Waals surface area (Å²) in [6.07, 6.45) is 1.05. The van der Waals surface area contributed by atoms with E-state index in [1.165, 1.54) is 0 Å². The number of amides is 1. The zero-order valence-electron chi connectivity index (χ0n) is 9.63. The third-order valence-corrected chi connectivity index (χ3v) is 4.66. The van der Waals surface area contributed by atoms with Gasteiger partial charge in [-0.05, 0) is 18.6 Å². The molecule has 1 aliphatic rings. The standard InChI is InChI=1S/C12H13NO4S/c14-7-9-2-1-3-11(6-9)13-12(15)10-4-5-18(16,17)8-10/h1-3,6-7,10H,4-5,8H2,(H,13,15). The number of rotatable bonds is 3. The molecule has 0 bridgehead atoms. The van der Waals surface area contributed by atoms with Gasteiger partial charge in [0, 0.05) is 11.3 Å². The SMILES string of the molecule is O=Cc1cccc(NC(=O)C2CCS(=O)(=O)C2)c1. The molecule has 0 spiro atoms. The minimum absolute atomic E-state index is 0.0689. The number of carbonyl (C=O) groups is 2. The smallest absolute Gasteiger partial charge is 0.228 e. The molecule has 1 aromatic carbocycles. The van der Waals surface area contributed by atoms with Crippen LogP contribution in [0.15, 0.2) is 24.3 Å². The van der Waals surface area contributed by atoms with E-state index < -0.39 is 15.8 Å². The molecule has 0 saturated carbocycles. The van der Waals surface area contributed by atoms with Gasteiger partial charge in [0.2, 0.25) is 5.91 Å². The van der Waals surface area contributed by atoms with E-state index in [0.717, 1.165) is 0 Å². The van der Waals surface area contributed by atoms with Crippen LogP contribution >= 0.6 is 0 Å². The van der Waals surface area contributed by atoms with E-state index in [4.69, 9.17) is 0 Å². The molecule has 1 aromatic rings. The highest BCUT2D eigenvalue weighted by Crippen LogP contribution is 2.20. The van der Waals surface area contributed by atoms with E-state index in [1.807, 2.05) is 0 Å². The minimum Gasteiger partial charge on any atom is -0.326 e. The number of benzene rings is 1. The summed E-state index contributed by atoms with van der Waals surface area (Å²) in [5, 5.41) is 2.63. The zero-order chi connectivity index (χ0) is 13.2. The molecule has 5 nitrogen and oxygen atoms in total. The number of nitrogens with one attached hydrogen (secondary N) is 1. The quantitative estimate of drug-likeness (QED) is 0.824. The summed E-state index contributed by atoms with van der Waals surface area (Å²) in [4.78, 5) is 22.4. The van der Waals surface area contributed by atoms with Crippen LogP contribution in [-0.4, -0.2) is 32.1 Å². The predicted octanol–water partition coefficient (Wildman–Crippen LogP) is 0.872. The molecule has 6 heteroatoms. The van der Waals surface area contributed by atoms with Crippen molar-refractivity contribution in [3.63, 3.8) is 0 Å². The molecule has 1 saturated heterocycles. The van der Waals surface area contributed by atoms with Crippen LogP contribution in [-0.2, 0) is 14.6 Å². The Labute approximate surface area is 105 Å². The Morgan fingerprint density at radius 2 is 2.17 bits per heavy atom. The molecule has 1 N–H and O–H groups in total. The topological polar surface area (TPSA) is 80.3 Å². The predicted molar refractivity (Wildman–Crippen MR) is 67.2 cm³/mol. The number of carbonyl (C=O) groups excluding carboxylic acids is 2. The van der Waals surface area contributed by atoms with Crippen LogP contribution in [0.25, 0.3) is 0 Å². The third kappa shape index (κ3) is 2.95. The highest BCUT2D eigenvalue weighted by atomic mass is 32.2. The van der Waals surface area contributed by atoms with Gasteiger partial charge in [-0.25, -0.2) is 8.42 Å². The summed E-state index contributed by atoms with van der Waals surface area (Å²) < 4.78 is 22.5. The second kappa shape index (κ2) is 4.89. The van der Waals surface area contributed by atoms with Crippen molar-refractivity contribution in [1.29, 1.82) is 0 Å². The number of anilines is 1. The lowest BCUT2D eigenvalue weighted by Crippen LogP contribution is -2.23. The lowest BCUT2D eigenvalue weighted by atomic mass is 10.1. The van der Waals surface area contributed by atoms with Gasteiger partial charge in [-0.2, -0.15) is 0 Å². The van der Waals surface area contributed by atoms with Crippen LogP contribution in [0, 0.1) is 5.92 Å². The Morgan fingerprint density at radius 1 is 1.39 bits per heavy atom. The molecule has 18 heavy (non-hydrogen) atoms. The Balaban J connectivity index is 2.05. The number of hydrogen-bond donors (Lipinski definition) is 1. The van der Waals surface area contributed by atoms with Crippen molar-refractivity contribution in [2.24, 2.45) is 5.92 Å².